The van der Waals surface area contributed by atoms with Crippen molar-refractivity contribution < 1.29 is 24.8 Å². The zero-order valence-corrected chi connectivity index (χ0v) is 15.3. The van der Waals surface area contributed by atoms with Gasteiger partial charge in [-0.25, -0.2) is 0 Å². The van der Waals surface area contributed by atoms with Crippen molar-refractivity contribution in [3.05, 3.63) is 12.2 Å². The maximum atomic E-state index is 2.39. The van der Waals surface area contributed by atoms with Crippen molar-refractivity contribution in [1.82, 2.24) is 0 Å². The molecule has 0 aromatic rings. The predicted molar refractivity (Wildman–Crippen MR) is 77.0 cm³/mol. The first kappa shape index (κ1) is 27.4. The van der Waals surface area contributed by atoms with Crippen LogP contribution in [0.1, 0.15) is 84.5 Å². The number of rotatable bonds is 11. The van der Waals surface area contributed by atoms with Gasteiger partial charge in [-0.05, 0) is 25.7 Å². The molecule has 0 heterocycles. The van der Waals surface area contributed by atoms with Gasteiger partial charge < -0.3 is 24.8 Å². The normalized spacial score (nSPS) is 9.44. The van der Waals surface area contributed by atoms with Gasteiger partial charge in [0.2, 0.25) is 0 Å². The van der Waals surface area contributed by atoms with Crippen LogP contribution in [0.5, 0.6) is 0 Å². The molecule has 0 unspecified atom stereocenters. The summed E-state index contributed by atoms with van der Waals surface area (Å²) in [6.45, 7) is 4.54. The van der Waals surface area contributed by atoms with Crippen LogP contribution in [-0.4, -0.2) is 23.1 Å². The topological polar surface area (TPSA) is 0 Å². The van der Waals surface area contributed by atoms with Crippen LogP contribution in [0, 0.1) is 0 Å². The summed E-state index contributed by atoms with van der Waals surface area (Å²) in [5.74, 6) is 0. The Bertz CT molecular complexity index is 138. The zero-order valence-electron chi connectivity index (χ0n) is 12.4. The van der Waals surface area contributed by atoms with Crippen LogP contribution < -0.4 is 24.8 Å². The summed E-state index contributed by atoms with van der Waals surface area (Å²) in [4.78, 5) is 0. The summed E-state index contributed by atoms with van der Waals surface area (Å²) in [7, 11) is 0. The third kappa shape index (κ3) is 25.8. The molecule has 18 heavy (non-hydrogen) atoms. The minimum atomic E-state index is 0. The van der Waals surface area contributed by atoms with Crippen LogP contribution >= 0.6 is 0 Å². The molecule has 0 aromatic carbocycles. The second-order valence-corrected chi connectivity index (χ2v) is 4.52. The van der Waals surface area contributed by atoms with Gasteiger partial charge in [0.1, 0.15) is 0 Å². The molecule has 0 rings (SSSR count). The van der Waals surface area contributed by atoms with E-state index in [2.05, 4.69) is 26.0 Å². The van der Waals surface area contributed by atoms with E-state index in [0.29, 0.717) is 0 Å². The van der Waals surface area contributed by atoms with Crippen molar-refractivity contribution in [1.29, 1.82) is 0 Å². The van der Waals surface area contributed by atoms with E-state index in [-0.39, 0.29) is 47.9 Å². The predicted octanol–water partition coefficient (Wildman–Crippen LogP) is -0.499. The minimum Gasteiger partial charge on any atom is -1.00 e. The fourth-order valence-corrected chi connectivity index (χ4v) is 1.79. The van der Waals surface area contributed by atoms with Gasteiger partial charge >= 0.3 is 23.1 Å². The molecule has 0 aliphatic heterocycles. The molecule has 106 valence electrons. The maximum absolute atomic E-state index is 2.39. The Morgan fingerprint density at radius 3 is 1.28 bits per heavy atom. The number of allylic oxidation sites excluding steroid dienone is 2. The standard InChI is InChI=1S/C15H30.2ClH.Mg/c1-3-5-7-9-11-13-15-14-12-10-8-6-4-2;;;/h13,15H,3-12,14H2,1-2H3;2*1H;/q;;;+2/p-2/b15-13-;;;. The molecule has 0 saturated carbocycles. The largest absolute Gasteiger partial charge is 2.00 e. The summed E-state index contributed by atoms with van der Waals surface area (Å²) in [5, 5.41) is 0. The Hall–Kier alpha value is 1.09. The smallest absolute Gasteiger partial charge is 1.00 e. The number of hydrogen-bond donors (Lipinski definition) is 0. The van der Waals surface area contributed by atoms with Crippen molar-refractivity contribution in [3.63, 3.8) is 0 Å². The van der Waals surface area contributed by atoms with Crippen LogP contribution in [0.15, 0.2) is 12.2 Å². The fraction of sp³-hybridized carbons (Fsp3) is 0.867. The van der Waals surface area contributed by atoms with Gasteiger partial charge in [-0.3, -0.25) is 0 Å². The molecule has 0 fully saturated rings. The zero-order chi connectivity index (χ0) is 11.2. The first-order chi connectivity index (χ1) is 7.41. The van der Waals surface area contributed by atoms with Gasteiger partial charge in [0.15, 0.2) is 0 Å². The van der Waals surface area contributed by atoms with Crippen molar-refractivity contribution in [2.45, 2.75) is 84.5 Å². The summed E-state index contributed by atoms with van der Waals surface area (Å²) in [6.07, 6.45) is 20.0. The third-order valence-electron chi connectivity index (χ3n) is 2.87. The molecule has 0 saturated heterocycles. The Morgan fingerprint density at radius 2 is 0.889 bits per heavy atom. The molecule has 0 amide bonds. The second-order valence-electron chi connectivity index (χ2n) is 4.52. The average Bonchev–Trinajstić information content (AvgIpc) is 2.26. The summed E-state index contributed by atoms with van der Waals surface area (Å²) in [5.41, 5.74) is 0. The molecule has 0 atom stereocenters. The van der Waals surface area contributed by atoms with Gasteiger partial charge in [0, 0.05) is 0 Å². The van der Waals surface area contributed by atoms with Crippen LogP contribution in [0.2, 0.25) is 0 Å². The van der Waals surface area contributed by atoms with Crippen molar-refractivity contribution in [2.75, 3.05) is 0 Å². The van der Waals surface area contributed by atoms with Crippen LogP contribution in [-0.2, 0) is 0 Å². The van der Waals surface area contributed by atoms with E-state index in [1.54, 1.807) is 0 Å². The summed E-state index contributed by atoms with van der Waals surface area (Å²) < 4.78 is 0. The van der Waals surface area contributed by atoms with E-state index in [4.69, 9.17) is 0 Å². The Kier molecular flexibility index (Phi) is 40.6. The number of unbranched alkanes of at least 4 members (excludes halogenated alkanes) is 9. The molecule has 0 N–H and O–H groups in total. The minimum absolute atomic E-state index is 0. The maximum Gasteiger partial charge on any atom is 2.00 e. The van der Waals surface area contributed by atoms with Crippen LogP contribution in [0.3, 0.4) is 0 Å². The van der Waals surface area contributed by atoms with Gasteiger partial charge in [-0.2, -0.15) is 0 Å². The molecule has 0 nitrogen and oxygen atoms in total. The average molecular weight is 306 g/mol. The van der Waals surface area contributed by atoms with E-state index in [1.165, 1.54) is 70.6 Å². The quantitative estimate of drug-likeness (QED) is 0.274. The molecular weight excluding hydrogens is 275 g/mol. The molecular formula is C15H30Cl2Mg. The van der Waals surface area contributed by atoms with Gasteiger partial charge in [0.05, 0.1) is 0 Å². The Morgan fingerprint density at radius 1 is 0.556 bits per heavy atom. The molecule has 0 aliphatic carbocycles. The summed E-state index contributed by atoms with van der Waals surface area (Å²) >= 11 is 0. The van der Waals surface area contributed by atoms with E-state index in [9.17, 15) is 0 Å². The first-order valence-electron chi connectivity index (χ1n) is 7.06. The van der Waals surface area contributed by atoms with Crippen molar-refractivity contribution >= 4 is 23.1 Å². The van der Waals surface area contributed by atoms with Crippen molar-refractivity contribution in [3.8, 4) is 0 Å². The molecule has 0 aromatic heterocycles. The molecule has 0 aliphatic rings. The third-order valence-corrected chi connectivity index (χ3v) is 2.87. The Balaban J connectivity index is -0.000000327. The Labute approximate surface area is 144 Å². The fourth-order valence-electron chi connectivity index (χ4n) is 1.79. The summed E-state index contributed by atoms with van der Waals surface area (Å²) in [6, 6.07) is 0. The van der Waals surface area contributed by atoms with Gasteiger partial charge in [-0.1, -0.05) is 70.9 Å². The van der Waals surface area contributed by atoms with E-state index < -0.39 is 0 Å². The van der Waals surface area contributed by atoms with E-state index in [0.717, 1.165) is 0 Å². The molecule has 0 spiro atoms. The van der Waals surface area contributed by atoms with Gasteiger partial charge in [0.25, 0.3) is 0 Å². The first-order valence-corrected chi connectivity index (χ1v) is 7.06. The van der Waals surface area contributed by atoms with Crippen molar-refractivity contribution in [2.24, 2.45) is 0 Å². The SMILES string of the molecule is CCCCCC/C=C\CCCCCCC.[Cl-].[Cl-].[Mg+2]. The molecule has 3 heteroatoms. The molecule has 0 radical (unpaired) electrons. The van der Waals surface area contributed by atoms with E-state index >= 15 is 0 Å². The second kappa shape index (κ2) is 26.6. The monoisotopic (exact) mass is 304 g/mol. The number of halogens is 2. The van der Waals surface area contributed by atoms with Gasteiger partial charge in [-0.15, -0.1) is 0 Å². The van der Waals surface area contributed by atoms with E-state index in [1.807, 2.05) is 0 Å². The number of hydrogen-bond acceptors (Lipinski definition) is 0. The van der Waals surface area contributed by atoms with Crippen LogP contribution in [0.25, 0.3) is 0 Å². The van der Waals surface area contributed by atoms with Crippen LogP contribution in [0.4, 0.5) is 0 Å². The molecule has 0 bridgehead atoms.